The van der Waals surface area contributed by atoms with Crippen molar-refractivity contribution < 1.29 is 9.18 Å². The lowest BCUT2D eigenvalue weighted by Crippen LogP contribution is -2.26. The number of halogens is 1. The molecule has 4 heteroatoms. The van der Waals surface area contributed by atoms with Gasteiger partial charge in [0.25, 0.3) is 5.91 Å². The van der Waals surface area contributed by atoms with E-state index in [9.17, 15) is 9.18 Å². The summed E-state index contributed by atoms with van der Waals surface area (Å²) in [5.41, 5.74) is 1.71. The molecule has 0 aliphatic rings. The van der Waals surface area contributed by atoms with Crippen LogP contribution in [0.4, 0.5) is 4.39 Å². The summed E-state index contributed by atoms with van der Waals surface area (Å²) in [5, 5.41) is 3.35. The molecule has 0 radical (unpaired) electrons. The lowest BCUT2D eigenvalue weighted by molar-refractivity contribution is 0.0951. The Labute approximate surface area is 135 Å². The predicted molar refractivity (Wildman–Crippen MR) is 89.9 cm³/mol. The molecule has 2 aromatic carbocycles. The molecular weight excluding hydrogens is 297 g/mol. The van der Waals surface area contributed by atoms with Crippen molar-refractivity contribution in [2.24, 2.45) is 0 Å². The maximum atomic E-state index is 12.8. The molecule has 116 valence electrons. The van der Waals surface area contributed by atoms with Crippen LogP contribution in [0, 0.1) is 5.82 Å². The Hall–Kier alpha value is -1.81. The first kappa shape index (κ1) is 16.6. The maximum Gasteiger partial charge on any atom is 0.252 e. The Morgan fingerprint density at radius 3 is 2.50 bits per heavy atom. The zero-order valence-corrected chi connectivity index (χ0v) is 13.6. The van der Waals surface area contributed by atoms with Crippen LogP contribution in [0.1, 0.15) is 29.8 Å². The summed E-state index contributed by atoms with van der Waals surface area (Å²) in [7, 11) is 0. The van der Waals surface area contributed by atoms with Crippen LogP contribution < -0.4 is 5.32 Å². The minimum absolute atomic E-state index is 0.0640. The average Bonchev–Trinajstić information content (AvgIpc) is 2.49. The first-order valence-corrected chi connectivity index (χ1v) is 8.22. The predicted octanol–water partition coefficient (Wildman–Crippen LogP) is 4.30. The van der Waals surface area contributed by atoms with Gasteiger partial charge in [-0.15, -0.1) is 11.8 Å². The molecule has 0 atom stereocenters. The smallest absolute Gasteiger partial charge is 0.252 e. The van der Waals surface area contributed by atoms with Crippen LogP contribution in [0.15, 0.2) is 53.4 Å². The number of amides is 1. The third-order valence-corrected chi connectivity index (χ3v) is 4.19. The van der Waals surface area contributed by atoms with Crippen molar-refractivity contribution in [3.05, 3.63) is 65.5 Å². The first-order chi connectivity index (χ1) is 10.6. The minimum atomic E-state index is -0.243. The van der Waals surface area contributed by atoms with Crippen LogP contribution in [0.25, 0.3) is 0 Å². The highest BCUT2D eigenvalue weighted by Gasteiger charge is 2.11. The third kappa shape index (κ3) is 4.88. The second kappa shape index (κ2) is 7.99. The largest absolute Gasteiger partial charge is 0.352 e. The highest BCUT2D eigenvalue weighted by Crippen LogP contribution is 2.26. The van der Waals surface area contributed by atoms with Crippen molar-refractivity contribution in [3.8, 4) is 0 Å². The molecule has 0 saturated carbocycles. The summed E-state index contributed by atoms with van der Waals surface area (Å²) in [6, 6.07) is 14.0. The van der Waals surface area contributed by atoms with Crippen LogP contribution in [-0.2, 0) is 6.42 Å². The summed E-state index contributed by atoms with van der Waals surface area (Å²) < 4.78 is 12.8. The Morgan fingerprint density at radius 1 is 1.14 bits per heavy atom. The number of benzene rings is 2. The Kier molecular flexibility index (Phi) is 6.01. The van der Waals surface area contributed by atoms with E-state index in [1.807, 2.05) is 24.3 Å². The third-order valence-electron chi connectivity index (χ3n) is 3.11. The zero-order chi connectivity index (χ0) is 15.9. The van der Waals surface area contributed by atoms with E-state index < -0.39 is 0 Å². The second-order valence-corrected chi connectivity index (χ2v) is 6.91. The normalized spacial score (nSPS) is 10.7. The number of rotatable bonds is 6. The van der Waals surface area contributed by atoms with Gasteiger partial charge < -0.3 is 5.32 Å². The molecular formula is C18H20FNOS. The Morgan fingerprint density at radius 2 is 1.82 bits per heavy atom. The van der Waals surface area contributed by atoms with Crippen molar-refractivity contribution in [3.63, 3.8) is 0 Å². The molecule has 0 aromatic heterocycles. The number of thioether (sulfide) groups is 1. The lowest BCUT2D eigenvalue weighted by Gasteiger charge is -2.11. The van der Waals surface area contributed by atoms with Crippen molar-refractivity contribution >= 4 is 17.7 Å². The van der Waals surface area contributed by atoms with E-state index in [1.165, 1.54) is 12.1 Å². The SMILES string of the molecule is CC(C)Sc1ccccc1C(=O)NCCc1ccc(F)cc1. The number of nitrogens with one attached hydrogen (secondary N) is 1. The molecule has 1 amide bonds. The Bertz CT molecular complexity index is 625. The van der Waals surface area contributed by atoms with E-state index in [2.05, 4.69) is 19.2 Å². The maximum absolute atomic E-state index is 12.8. The number of carbonyl (C=O) groups is 1. The van der Waals surface area contributed by atoms with Crippen LogP contribution in [0.3, 0.4) is 0 Å². The fourth-order valence-corrected chi connectivity index (χ4v) is 3.03. The van der Waals surface area contributed by atoms with E-state index in [-0.39, 0.29) is 11.7 Å². The summed E-state index contributed by atoms with van der Waals surface area (Å²) in [6.45, 7) is 4.74. The van der Waals surface area contributed by atoms with Crippen LogP contribution in [0.5, 0.6) is 0 Å². The number of hydrogen-bond donors (Lipinski definition) is 1. The summed E-state index contributed by atoms with van der Waals surface area (Å²) in [4.78, 5) is 13.3. The fourth-order valence-electron chi connectivity index (χ4n) is 2.08. The zero-order valence-electron chi connectivity index (χ0n) is 12.8. The molecule has 2 rings (SSSR count). The van der Waals surface area contributed by atoms with E-state index >= 15 is 0 Å². The van der Waals surface area contributed by atoms with Gasteiger partial charge in [0.05, 0.1) is 5.56 Å². The van der Waals surface area contributed by atoms with Gasteiger partial charge in [0.2, 0.25) is 0 Å². The molecule has 0 unspecified atom stereocenters. The topological polar surface area (TPSA) is 29.1 Å². The molecule has 0 spiro atoms. The van der Waals surface area contributed by atoms with E-state index in [4.69, 9.17) is 0 Å². The van der Waals surface area contributed by atoms with Gasteiger partial charge in [-0.25, -0.2) is 4.39 Å². The Balaban J connectivity index is 1.93. The fraction of sp³-hybridized carbons (Fsp3) is 0.278. The van der Waals surface area contributed by atoms with Gasteiger partial charge in [0, 0.05) is 16.7 Å². The van der Waals surface area contributed by atoms with Crippen molar-refractivity contribution in [1.82, 2.24) is 5.32 Å². The van der Waals surface area contributed by atoms with E-state index in [1.54, 1.807) is 23.9 Å². The van der Waals surface area contributed by atoms with Crippen LogP contribution >= 0.6 is 11.8 Å². The molecule has 0 saturated heterocycles. The molecule has 2 aromatic rings. The van der Waals surface area contributed by atoms with Crippen molar-refractivity contribution in [1.29, 1.82) is 0 Å². The number of hydrogen-bond acceptors (Lipinski definition) is 2. The van der Waals surface area contributed by atoms with E-state index in [0.717, 1.165) is 10.5 Å². The molecule has 0 aliphatic carbocycles. The van der Waals surface area contributed by atoms with Gasteiger partial charge in [-0.05, 0) is 36.2 Å². The van der Waals surface area contributed by atoms with Crippen LogP contribution in [-0.4, -0.2) is 17.7 Å². The molecule has 0 fully saturated rings. The monoisotopic (exact) mass is 317 g/mol. The van der Waals surface area contributed by atoms with Crippen molar-refractivity contribution in [2.45, 2.75) is 30.4 Å². The molecule has 0 bridgehead atoms. The van der Waals surface area contributed by atoms with Gasteiger partial charge in [-0.1, -0.05) is 38.1 Å². The first-order valence-electron chi connectivity index (χ1n) is 7.34. The average molecular weight is 317 g/mol. The van der Waals surface area contributed by atoms with Crippen LogP contribution in [0.2, 0.25) is 0 Å². The van der Waals surface area contributed by atoms with Gasteiger partial charge in [-0.2, -0.15) is 0 Å². The second-order valence-electron chi connectivity index (χ2n) is 5.30. The molecule has 2 nitrogen and oxygen atoms in total. The number of carbonyl (C=O) groups excluding carboxylic acids is 1. The summed E-state index contributed by atoms with van der Waals surface area (Å²) in [5.74, 6) is -0.307. The van der Waals surface area contributed by atoms with Gasteiger partial charge >= 0.3 is 0 Å². The minimum Gasteiger partial charge on any atom is -0.352 e. The van der Waals surface area contributed by atoms with Gasteiger partial charge in [0.15, 0.2) is 0 Å². The molecule has 0 aliphatic heterocycles. The standard InChI is InChI=1S/C18H20FNOS/c1-13(2)22-17-6-4-3-5-16(17)18(21)20-12-11-14-7-9-15(19)10-8-14/h3-10,13H,11-12H2,1-2H3,(H,20,21). The molecule has 0 heterocycles. The summed E-state index contributed by atoms with van der Waals surface area (Å²) >= 11 is 1.68. The summed E-state index contributed by atoms with van der Waals surface area (Å²) in [6.07, 6.45) is 0.686. The highest BCUT2D eigenvalue weighted by molar-refractivity contribution is 8.00. The highest BCUT2D eigenvalue weighted by atomic mass is 32.2. The van der Waals surface area contributed by atoms with E-state index in [0.29, 0.717) is 23.8 Å². The van der Waals surface area contributed by atoms with Gasteiger partial charge in [-0.3, -0.25) is 4.79 Å². The lowest BCUT2D eigenvalue weighted by atomic mass is 10.1. The quantitative estimate of drug-likeness (QED) is 0.805. The van der Waals surface area contributed by atoms with Crippen molar-refractivity contribution in [2.75, 3.05) is 6.54 Å². The molecule has 22 heavy (non-hydrogen) atoms. The van der Waals surface area contributed by atoms with Gasteiger partial charge in [0.1, 0.15) is 5.82 Å². The molecule has 1 N–H and O–H groups in total.